The van der Waals surface area contributed by atoms with E-state index in [0.29, 0.717) is 12.5 Å². The second-order valence-corrected chi connectivity index (χ2v) is 5.95. The van der Waals surface area contributed by atoms with Crippen LogP contribution in [0.15, 0.2) is 17.3 Å². The zero-order chi connectivity index (χ0) is 11.6. The molecular formula is C9H16N4O2S. The maximum absolute atomic E-state index is 11.7. The maximum atomic E-state index is 11.7. The molecule has 6 nitrogen and oxygen atoms in total. The molecule has 1 fully saturated rings. The maximum Gasteiger partial charge on any atom is 0.257 e. The molecule has 2 rings (SSSR count). The van der Waals surface area contributed by atoms with Crippen LogP contribution in [0.4, 0.5) is 0 Å². The summed E-state index contributed by atoms with van der Waals surface area (Å²) in [5.74, 6) is 0.354. The fourth-order valence-corrected chi connectivity index (χ4v) is 3.02. The van der Waals surface area contributed by atoms with E-state index in [1.807, 2.05) is 0 Å². The zero-order valence-electron chi connectivity index (χ0n) is 8.89. The van der Waals surface area contributed by atoms with Crippen LogP contribution in [-0.2, 0) is 10.0 Å². The fourth-order valence-electron chi connectivity index (χ4n) is 2.00. The van der Waals surface area contributed by atoms with Crippen molar-refractivity contribution in [1.29, 1.82) is 0 Å². The molecule has 1 aromatic rings. The molecule has 7 heteroatoms. The number of nitrogens with two attached hydrogens (primary N) is 1. The predicted molar refractivity (Wildman–Crippen MR) is 59.1 cm³/mol. The van der Waals surface area contributed by atoms with E-state index in [4.69, 9.17) is 5.73 Å². The fraction of sp³-hybridized carbons (Fsp3) is 0.667. The Balaban J connectivity index is 1.91. The van der Waals surface area contributed by atoms with E-state index in [-0.39, 0.29) is 11.1 Å². The van der Waals surface area contributed by atoms with Crippen LogP contribution in [0.3, 0.4) is 0 Å². The lowest BCUT2D eigenvalue weighted by atomic mass is 10.1. The highest BCUT2D eigenvalue weighted by atomic mass is 32.2. The highest BCUT2D eigenvalue weighted by Crippen LogP contribution is 2.23. The topological polar surface area (TPSA) is 101 Å². The minimum atomic E-state index is -3.43. The van der Waals surface area contributed by atoms with E-state index in [2.05, 4.69) is 14.9 Å². The molecule has 90 valence electrons. The Morgan fingerprint density at radius 1 is 1.56 bits per heavy atom. The van der Waals surface area contributed by atoms with Gasteiger partial charge < -0.3 is 5.73 Å². The van der Waals surface area contributed by atoms with Crippen molar-refractivity contribution in [3.63, 3.8) is 0 Å². The van der Waals surface area contributed by atoms with Crippen molar-refractivity contribution in [1.82, 2.24) is 14.9 Å². The molecule has 16 heavy (non-hydrogen) atoms. The smallest absolute Gasteiger partial charge is 0.257 e. The summed E-state index contributed by atoms with van der Waals surface area (Å²) in [6, 6.07) is 1.66. The molecule has 2 unspecified atom stereocenters. The number of hydrogen-bond donors (Lipinski definition) is 3. The van der Waals surface area contributed by atoms with Crippen molar-refractivity contribution in [3.8, 4) is 0 Å². The normalized spacial score (nSPS) is 26.1. The summed E-state index contributed by atoms with van der Waals surface area (Å²) < 4.78 is 26.0. The molecule has 1 aliphatic rings. The van der Waals surface area contributed by atoms with Crippen molar-refractivity contribution in [3.05, 3.63) is 12.3 Å². The number of rotatable bonds is 4. The van der Waals surface area contributed by atoms with Gasteiger partial charge in [-0.25, -0.2) is 13.1 Å². The van der Waals surface area contributed by atoms with E-state index in [1.54, 1.807) is 0 Å². The van der Waals surface area contributed by atoms with Gasteiger partial charge >= 0.3 is 0 Å². The lowest BCUT2D eigenvalue weighted by Gasteiger charge is -2.10. The highest BCUT2D eigenvalue weighted by Gasteiger charge is 2.24. The molecule has 0 spiro atoms. The van der Waals surface area contributed by atoms with Gasteiger partial charge in [-0.15, -0.1) is 0 Å². The Kier molecular flexibility index (Phi) is 3.27. The number of aromatic nitrogens is 2. The Labute approximate surface area is 94.7 Å². The molecule has 0 radical (unpaired) electrons. The molecule has 2 atom stereocenters. The van der Waals surface area contributed by atoms with Crippen molar-refractivity contribution in [2.75, 3.05) is 6.54 Å². The van der Waals surface area contributed by atoms with Gasteiger partial charge in [-0.2, -0.15) is 5.10 Å². The molecule has 4 N–H and O–H groups in total. The first-order valence-electron chi connectivity index (χ1n) is 5.32. The average Bonchev–Trinajstić information content (AvgIpc) is 2.85. The molecule has 1 heterocycles. The first-order valence-corrected chi connectivity index (χ1v) is 6.81. The summed E-state index contributed by atoms with van der Waals surface area (Å²) in [7, 11) is -3.43. The lowest BCUT2D eigenvalue weighted by molar-refractivity contribution is 0.511. The van der Waals surface area contributed by atoms with Gasteiger partial charge in [-0.3, -0.25) is 5.10 Å². The van der Waals surface area contributed by atoms with Crippen LogP contribution in [0, 0.1) is 5.92 Å². The van der Waals surface area contributed by atoms with Gasteiger partial charge in [0.2, 0.25) is 0 Å². The van der Waals surface area contributed by atoms with Crippen molar-refractivity contribution in [2.45, 2.75) is 30.3 Å². The first kappa shape index (κ1) is 11.6. The summed E-state index contributed by atoms with van der Waals surface area (Å²) in [5.41, 5.74) is 5.77. The molecule has 1 aromatic heterocycles. The van der Waals surface area contributed by atoms with E-state index in [1.165, 1.54) is 12.3 Å². The standard InChI is InChI=1S/C9H16N4O2S/c10-8-2-1-7(5-8)6-12-16(14,15)9-3-4-11-13-9/h3-4,7-8,12H,1-2,5-6,10H2,(H,11,13). The van der Waals surface area contributed by atoms with E-state index >= 15 is 0 Å². The van der Waals surface area contributed by atoms with Crippen LogP contribution in [0.5, 0.6) is 0 Å². The van der Waals surface area contributed by atoms with E-state index in [0.717, 1.165) is 19.3 Å². The second-order valence-electron chi connectivity index (χ2n) is 4.21. The Morgan fingerprint density at radius 3 is 2.94 bits per heavy atom. The molecule has 0 saturated heterocycles. The number of hydrogen-bond acceptors (Lipinski definition) is 4. The lowest BCUT2D eigenvalue weighted by Crippen LogP contribution is -2.29. The summed E-state index contributed by atoms with van der Waals surface area (Å²) in [6.07, 6.45) is 4.29. The predicted octanol–water partition coefficient (Wildman–Crippen LogP) is -0.185. The minimum absolute atomic E-state index is 0.106. The van der Waals surface area contributed by atoms with Gasteiger partial charge in [-0.1, -0.05) is 0 Å². The number of nitrogens with zero attached hydrogens (tertiary/aromatic N) is 1. The van der Waals surface area contributed by atoms with Gasteiger partial charge in [-0.05, 0) is 31.2 Å². The summed E-state index contributed by atoms with van der Waals surface area (Å²) in [5, 5.41) is 6.16. The Morgan fingerprint density at radius 2 is 2.38 bits per heavy atom. The quantitative estimate of drug-likeness (QED) is 0.683. The zero-order valence-corrected chi connectivity index (χ0v) is 9.70. The summed E-state index contributed by atoms with van der Waals surface area (Å²) in [6.45, 7) is 0.453. The Bertz CT molecular complexity index is 428. The van der Waals surface area contributed by atoms with Crippen molar-refractivity contribution >= 4 is 10.0 Å². The van der Waals surface area contributed by atoms with Crippen LogP contribution in [0.25, 0.3) is 0 Å². The second kappa shape index (κ2) is 4.52. The van der Waals surface area contributed by atoms with Crippen LogP contribution >= 0.6 is 0 Å². The van der Waals surface area contributed by atoms with Gasteiger partial charge in [0.25, 0.3) is 10.0 Å². The third-order valence-electron chi connectivity index (χ3n) is 2.91. The first-order chi connectivity index (χ1) is 7.58. The molecule has 0 amide bonds. The molecule has 0 aromatic carbocycles. The third-order valence-corrected chi connectivity index (χ3v) is 4.26. The monoisotopic (exact) mass is 244 g/mol. The molecular weight excluding hydrogens is 228 g/mol. The number of H-pyrrole nitrogens is 1. The largest absolute Gasteiger partial charge is 0.328 e. The van der Waals surface area contributed by atoms with E-state index < -0.39 is 10.0 Å². The highest BCUT2D eigenvalue weighted by molar-refractivity contribution is 7.89. The van der Waals surface area contributed by atoms with Crippen LogP contribution in [0.1, 0.15) is 19.3 Å². The summed E-state index contributed by atoms with van der Waals surface area (Å²) in [4.78, 5) is 0. The number of nitrogens with one attached hydrogen (secondary N) is 2. The number of sulfonamides is 1. The SMILES string of the molecule is NC1CCC(CNS(=O)(=O)c2ccn[nH]2)C1. The van der Waals surface area contributed by atoms with Crippen LogP contribution in [-0.4, -0.2) is 31.2 Å². The Hall–Kier alpha value is -0.920. The summed E-state index contributed by atoms with van der Waals surface area (Å²) >= 11 is 0. The van der Waals surface area contributed by atoms with Crippen LogP contribution in [0.2, 0.25) is 0 Å². The van der Waals surface area contributed by atoms with Crippen molar-refractivity contribution < 1.29 is 8.42 Å². The van der Waals surface area contributed by atoms with Gasteiger partial charge in [0.1, 0.15) is 0 Å². The van der Waals surface area contributed by atoms with E-state index in [9.17, 15) is 8.42 Å². The third kappa shape index (κ3) is 2.60. The van der Waals surface area contributed by atoms with Gasteiger partial charge in [0, 0.05) is 12.6 Å². The molecule has 1 saturated carbocycles. The van der Waals surface area contributed by atoms with Gasteiger partial charge in [0.05, 0.1) is 6.20 Å². The van der Waals surface area contributed by atoms with Crippen LogP contribution < -0.4 is 10.5 Å². The molecule has 0 bridgehead atoms. The molecule has 0 aliphatic heterocycles. The molecule has 1 aliphatic carbocycles. The minimum Gasteiger partial charge on any atom is -0.328 e. The number of aromatic amines is 1. The van der Waals surface area contributed by atoms with Crippen molar-refractivity contribution in [2.24, 2.45) is 11.7 Å². The van der Waals surface area contributed by atoms with Gasteiger partial charge in [0.15, 0.2) is 5.03 Å². The average molecular weight is 244 g/mol.